The predicted octanol–water partition coefficient (Wildman–Crippen LogP) is 5.31. The van der Waals surface area contributed by atoms with Crippen LogP contribution in [0, 0.1) is 0 Å². The molecule has 0 aliphatic carbocycles. The van der Waals surface area contributed by atoms with Gasteiger partial charge in [0.2, 0.25) is 11.8 Å². The summed E-state index contributed by atoms with van der Waals surface area (Å²) < 4.78 is 6.00. The van der Waals surface area contributed by atoms with Gasteiger partial charge in [-0.15, -0.1) is 10.2 Å². The third-order valence-corrected chi connectivity index (χ3v) is 4.77. The van der Waals surface area contributed by atoms with Crippen molar-refractivity contribution in [2.24, 2.45) is 0 Å². The SMILES string of the molecule is Clc1ccc([C@@H](NCCc2ccccc2)c2nnc(-c3ccccc3)o2)cc1. The zero-order chi connectivity index (χ0) is 19.2. The number of hydrogen-bond acceptors (Lipinski definition) is 4. The van der Waals surface area contributed by atoms with Crippen molar-refractivity contribution in [3.8, 4) is 11.5 Å². The molecule has 28 heavy (non-hydrogen) atoms. The number of rotatable bonds is 7. The molecule has 0 fully saturated rings. The van der Waals surface area contributed by atoms with Crippen LogP contribution in [0.1, 0.15) is 23.1 Å². The highest BCUT2D eigenvalue weighted by Crippen LogP contribution is 2.26. The van der Waals surface area contributed by atoms with Gasteiger partial charge in [0.15, 0.2) is 0 Å². The van der Waals surface area contributed by atoms with Crippen LogP contribution in [0.25, 0.3) is 11.5 Å². The summed E-state index contributed by atoms with van der Waals surface area (Å²) in [5.74, 6) is 1.05. The molecule has 0 saturated carbocycles. The van der Waals surface area contributed by atoms with E-state index in [4.69, 9.17) is 16.0 Å². The third-order valence-electron chi connectivity index (χ3n) is 4.52. The summed E-state index contributed by atoms with van der Waals surface area (Å²) in [4.78, 5) is 0. The quantitative estimate of drug-likeness (QED) is 0.465. The monoisotopic (exact) mass is 389 g/mol. The van der Waals surface area contributed by atoms with E-state index in [1.807, 2.05) is 60.7 Å². The third kappa shape index (κ3) is 4.47. The molecule has 1 heterocycles. The first-order valence-electron chi connectivity index (χ1n) is 9.21. The molecule has 0 bridgehead atoms. The molecule has 0 spiro atoms. The van der Waals surface area contributed by atoms with Crippen molar-refractivity contribution in [2.45, 2.75) is 12.5 Å². The molecule has 5 heteroatoms. The maximum Gasteiger partial charge on any atom is 0.247 e. The van der Waals surface area contributed by atoms with E-state index in [9.17, 15) is 0 Å². The van der Waals surface area contributed by atoms with Gasteiger partial charge in [0.05, 0.1) is 0 Å². The normalized spacial score (nSPS) is 12.0. The van der Waals surface area contributed by atoms with Gasteiger partial charge in [-0.1, -0.05) is 72.3 Å². The number of halogens is 1. The Bertz CT molecular complexity index is 1000. The van der Waals surface area contributed by atoms with Crippen LogP contribution in [0.15, 0.2) is 89.3 Å². The first-order chi connectivity index (χ1) is 13.8. The largest absolute Gasteiger partial charge is 0.419 e. The van der Waals surface area contributed by atoms with Crippen LogP contribution in [-0.2, 0) is 6.42 Å². The Morgan fingerprint density at radius 2 is 1.50 bits per heavy atom. The Kier molecular flexibility index (Phi) is 5.80. The second-order valence-corrected chi connectivity index (χ2v) is 6.92. The van der Waals surface area contributed by atoms with Crippen molar-refractivity contribution >= 4 is 11.6 Å². The van der Waals surface area contributed by atoms with Crippen LogP contribution in [0.3, 0.4) is 0 Å². The lowest BCUT2D eigenvalue weighted by Gasteiger charge is -2.16. The average molecular weight is 390 g/mol. The van der Waals surface area contributed by atoms with E-state index < -0.39 is 0 Å². The number of benzene rings is 3. The minimum atomic E-state index is -0.203. The molecule has 0 aliphatic heterocycles. The smallest absolute Gasteiger partial charge is 0.247 e. The second-order valence-electron chi connectivity index (χ2n) is 6.49. The van der Waals surface area contributed by atoms with E-state index in [0.29, 0.717) is 16.8 Å². The van der Waals surface area contributed by atoms with Crippen LogP contribution >= 0.6 is 11.6 Å². The van der Waals surface area contributed by atoms with E-state index in [1.54, 1.807) is 0 Å². The molecule has 4 rings (SSSR count). The summed E-state index contributed by atoms with van der Waals surface area (Å²) in [7, 11) is 0. The lowest BCUT2D eigenvalue weighted by molar-refractivity contribution is 0.440. The highest BCUT2D eigenvalue weighted by atomic mass is 35.5. The second kappa shape index (κ2) is 8.83. The molecule has 0 radical (unpaired) electrons. The first-order valence-corrected chi connectivity index (χ1v) is 9.59. The van der Waals surface area contributed by atoms with Crippen LogP contribution in [-0.4, -0.2) is 16.7 Å². The van der Waals surface area contributed by atoms with Crippen molar-refractivity contribution in [3.63, 3.8) is 0 Å². The standard InChI is InChI=1S/C23H20ClN3O/c24-20-13-11-18(12-14-20)21(25-16-15-17-7-3-1-4-8-17)23-27-26-22(28-23)19-9-5-2-6-10-19/h1-14,21,25H,15-16H2/t21-/m1/s1. The zero-order valence-electron chi connectivity index (χ0n) is 15.3. The molecule has 140 valence electrons. The molecule has 0 aliphatic rings. The lowest BCUT2D eigenvalue weighted by atomic mass is 10.1. The van der Waals surface area contributed by atoms with E-state index in [-0.39, 0.29) is 6.04 Å². The van der Waals surface area contributed by atoms with Crippen molar-refractivity contribution in [2.75, 3.05) is 6.54 Å². The molecule has 4 aromatic rings. The minimum Gasteiger partial charge on any atom is -0.419 e. The molecular formula is C23H20ClN3O. The summed E-state index contributed by atoms with van der Waals surface area (Å²) in [6.07, 6.45) is 0.907. The fourth-order valence-electron chi connectivity index (χ4n) is 3.06. The Balaban J connectivity index is 1.56. The first kappa shape index (κ1) is 18.4. The predicted molar refractivity (Wildman–Crippen MR) is 111 cm³/mol. The Hall–Kier alpha value is -2.95. The molecule has 1 N–H and O–H groups in total. The maximum atomic E-state index is 6.06. The molecule has 0 amide bonds. The molecule has 0 saturated heterocycles. The Labute approximate surface area is 169 Å². The topological polar surface area (TPSA) is 51.0 Å². The molecule has 3 aromatic carbocycles. The van der Waals surface area contributed by atoms with Gasteiger partial charge in [-0.05, 0) is 41.8 Å². The highest BCUT2D eigenvalue weighted by Gasteiger charge is 2.21. The summed E-state index contributed by atoms with van der Waals surface area (Å²) >= 11 is 6.06. The van der Waals surface area contributed by atoms with Crippen LogP contribution in [0.4, 0.5) is 0 Å². The average Bonchev–Trinajstić information content (AvgIpc) is 3.23. The molecule has 4 nitrogen and oxygen atoms in total. The summed E-state index contributed by atoms with van der Waals surface area (Å²) in [6, 6.07) is 27.7. The van der Waals surface area contributed by atoms with Gasteiger partial charge in [0, 0.05) is 17.1 Å². The van der Waals surface area contributed by atoms with E-state index in [2.05, 4.69) is 39.8 Å². The van der Waals surface area contributed by atoms with E-state index in [0.717, 1.165) is 24.1 Å². The number of aromatic nitrogens is 2. The van der Waals surface area contributed by atoms with E-state index >= 15 is 0 Å². The summed E-state index contributed by atoms with van der Waals surface area (Å²) in [5, 5.41) is 12.8. The van der Waals surface area contributed by atoms with Gasteiger partial charge in [0.1, 0.15) is 6.04 Å². The summed E-state index contributed by atoms with van der Waals surface area (Å²) in [6.45, 7) is 0.778. The van der Waals surface area contributed by atoms with Crippen LogP contribution < -0.4 is 5.32 Å². The molecule has 1 atom stereocenters. The van der Waals surface area contributed by atoms with Gasteiger partial charge in [-0.25, -0.2) is 0 Å². The van der Waals surface area contributed by atoms with Crippen molar-refractivity contribution in [1.82, 2.24) is 15.5 Å². The van der Waals surface area contributed by atoms with Crippen molar-refractivity contribution in [1.29, 1.82) is 0 Å². The van der Waals surface area contributed by atoms with E-state index in [1.165, 1.54) is 5.56 Å². The Morgan fingerprint density at radius 1 is 0.821 bits per heavy atom. The maximum absolute atomic E-state index is 6.06. The molecule has 0 unspecified atom stereocenters. The van der Waals surface area contributed by atoms with Crippen LogP contribution in [0.2, 0.25) is 5.02 Å². The fourth-order valence-corrected chi connectivity index (χ4v) is 3.18. The van der Waals surface area contributed by atoms with Crippen molar-refractivity contribution in [3.05, 3.63) is 107 Å². The van der Waals surface area contributed by atoms with Gasteiger partial charge < -0.3 is 9.73 Å². The van der Waals surface area contributed by atoms with Crippen LogP contribution in [0.5, 0.6) is 0 Å². The zero-order valence-corrected chi connectivity index (χ0v) is 16.0. The van der Waals surface area contributed by atoms with Gasteiger partial charge in [-0.3, -0.25) is 0 Å². The number of nitrogens with zero attached hydrogens (tertiary/aromatic N) is 2. The molecule has 1 aromatic heterocycles. The summed E-state index contributed by atoms with van der Waals surface area (Å²) in [5.41, 5.74) is 3.21. The fraction of sp³-hybridized carbons (Fsp3) is 0.130. The van der Waals surface area contributed by atoms with Gasteiger partial charge >= 0.3 is 0 Å². The van der Waals surface area contributed by atoms with Crippen molar-refractivity contribution < 1.29 is 4.42 Å². The Morgan fingerprint density at radius 3 is 2.21 bits per heavy atom. The number of hydrogen-bond donors (Lipinski definition) is 1. The van der Waals surface area contributed by atoms with Gasteiger partial charge in [-0.2, -0.15) is 0 Å². The highest BCUT2D eigenvalue weighted by molar-refractivity contribution is 6.30. The minimum absolute atomic E-state index is 0.203. The van der Waals surface area contributed by atoms with Gasteiger partial charge in [0.25, 0.3) is 0 Å². The lowest BCUT2D eigenvalue weighted by Crippen LogP contribution is -2.25. The number of nitrogens with one attached hydrogen (secondary N) is 1. The molecular weight excluding hydrogens is 370 g/mol.